The zero-order valence-corrected chi connectivity index (χ0v) is 26.2. The number of benzene rings is 2. The average Bonchev–Trinajstić information content (AvgIpc) is 3.69. The summed E-state index contributed by atoms with van der Waals surface area (Å²) in [6.07, 6.45) is 7.78. The molecule has 0 N–H and O–H groups in total. The number of nitrogens with zero attached hydrogens (tertiary/aromatic N) is 5. The fourth-order valence-electron chi connectivity index (χ4n) is 5.79. The summed E-state index contributed by atoms with van der Waals surface area (Å²) < 4.78 is 8.01. The van der Waals surface area contributed by atoms with Gasteiger partial charge in [0.05, 0.1) is 28.7 Å². The molecule has 0 bridgehead atoms. The standard InChI is InChI=1S/C38H39N5O2/c1-26-10-14-31(15-11-26)33(19-23-42-21-5-6-22-42)35-9-7-8-34(41-35)27(2)28(3)45-38(44)32-16-12-30(13-17-32)25-43-29(4)40-36-24-39-20-18-37(36)43/h7-20,24,28H,2,5-6,21-23,25H2,1,3-4H3/b33-19+/t28-/m1/s1. The number of carbonyl (C=O) groups excluding carboxylic acids is 1. The highest BCUT2D eigenvalue weighted by molar-refractivity contribution is 5.90. The molecule has 0 unspecified atom stereocenters. The number of esters is 1. The van der Waals surface area contributed by atoms with Crippen molar-refractivity contribution in [2.24, 2.45) is 0 Å². The third-order valence-electron chi connectivity index (χ3n) is 8.52. The third-order valence-corrected chi connectivity index (χ3v) is 8.52. The summed E-state index contributed by atoms with van der Waals surface area (Å²) in [7, 11) is 0. The molecule has 0 radical (unpaired) electrons. The highest BCUT2D eigenvalue weighted by Crippen LogP contribution is 2.26. The molecule has 0 spiro atoms. The van der Waals surface area contributed by atoms with E-state index in [0.717, 1.165) is 58.9 Å². The molecule has 0 aliphatic carbocycles. The second-order valence-electron chi connectivity index (χ2n) is 11.8. The van der Waals surface area contributed by atoms with Crippen molar-refractivity contribution < 1.29 is 9.53 Å². The third kappa shape index (κ3) is 6.94. The van der Waals surface area contributed by atoms with Crippen molar-refractivity contribution in [3.63, 3.8) is 0 Å². The Morgan fingerprint density at radius 1 is 0.933 bits per heavy atom. The lowest BCUT2D eigenvalue weighted by atomic mass is 9.99. The van der Waals surface area contributed by atoms with Crippen LogP contribution in [0.15, 0.2) is 97.8 Å². The second kappa shape index (κ2) is 13.4. The van der Waals surface area contributed by atoms with E-state index in [-0.39, 0.29) is 0 Å². The molecule has 7 heteroatoms. The van der Waals surface area contributed by atoms with Gasteiger partial charge in [0.25, 0.3) is 0 Å². The number of hydrogen-bond donors (Lipinski definition) is 0. The SMILES string of the molecule is C=C(c1cccc(/C(=C/CN2CCCC2)c2ccc(C)cc2)n1)[C@@H](C)OC(=O)c1ccc(Cn2c(C)nc3cnccc32)cc1. The minimum Gasteiger partial charge on any atom is -0.454 e. The van der Waals surface area contributed by atoms with E-state index in [4.69, 9.17) is 9.72 Å². The number of likely N-dealkylation sites (tertiary alicyclic amines) is 1. The Labute approximate surface area is 264 Å². The molecule has 0 amide bonds. The molecular formula is C38H39N5O2. The number of aromatic nitrogens is 4. The van der Waals surface area contributed by atoms with Crippen molar-refractivity contribution in [2.45, 2.75) is 46.3 Å². The molecule has 0 saturated carbocycles. The van der Waals surface area contributed by atoms with Gasteiger partial charge in [0, 0.05) is 30.4 Å². The second-order valence-corrected chi connectivity index (χ2v) is 11.8. The summed E-state index contributed by atoms with van der Waals surface area (Å²) in [6.45, 7) is 14.0. The van der Waals surface area contributed by atoms with Gasteiger partial charge in [-0.1, -0.05) is 60.7 Å². The highest BCUT2D eigenvalue weighted by atomic mass is 16.5. The summed E-state index contributed by atoms with van der Waals surface area (Å²) in [5.74, 6) is 0.520. The topological polar surface area (TPSA) is 73.1 Å². The molecular weight excluding hydrogens is 558 g/mol. The van der Waals surface area contributed by atoms with Gasteiger partial charge in [0.2, 0.25) is 0 Å². The van der Waals surface area contributed by atoms with Crippen LogP contribution in [0.5, 0.6) is 0 Å². The van der Waals surface area contributed by atoms with Gasteiger partial charge in [0.1, 0.15) is 17.4 Å². The molecule has 2 aromatic carbocycles. The number of fused-ring (bicyclic) bond motifs is 1. The van der Waals surface area contributed by atoms with E-state index in [1.54, 1.807) is 24.5 Å². The lowest BCUT2D eigenvalue weighted by Gasteiger charge is -2.18. The number of aryl methyl sites for hydroxylation is 2. The first-order chi connectivity index (χ1) is 21.9. The summed E-state index contributed by atoms with van der Waals surface area (Å²) in [5, 5.41) is 0. The van der Waals surface area contributed by atoms with Crippen molar-refractivity contribution in [2.75, 3.05) is 19.6 Å². The first kappa shape index (κ1) is 30.2. The number of hydrogen-bond acceptors (Lipinski definition) is 6. The predicted molar refractivity (Wildman–Crippen MR) is 180 cm³/mol. The van der Waals surface area contributed by atoms with Crippen LogP contribution >= 0.6 is 0 Å². The van der Waals surface area contributed by atoms with Crippen LogP contribution in [0.3, 0.4) is 0 Å². The summed E-state index contributed by atoms with van der Waals surface area (Å²) in [5.41, 5.74) is 9.14. The molecule has 1 fully saturated rings. The van der Waals surface area contributed by atoms with Gasteiger partial charge in [-0.15, -0.1) is 0 Å². The Balaban J connectivity index is 1.14. The number of imidazole rings is 1. The van der Waals surface area contributed by atoms with Gasteiger partial charge < -0.3 is 9.30 Å². The van der Waals surface area contributed by atoms with Crippen LogP contribution < -0.4 is 0 Å². The van der Waals surface area contributed by atoms with Gasteiger partial charge >= 0.3 is 5.97 Å². The van der Waals surface area contributed by atoms with Crippen LogP contribution in [0.25, 0.3) is 22.2 Å². The van der Waals surface area contributed by atoms with E-state index >= 15 is 0 Å². The maximum atomic E-state index is 13.1. The fraction of sp³-hybridized carbons (Fsp3) is 0.263. The molecule has 3 aromatic heterocycles. The Morgan fingerprint density at radius 2 is 1.64 bits per heavy atom. The Bertz CT molecular complexity index is 1850. The van der Waals surface area contributed by atoms with E-state index < -0.39 is 12.1 Å². The lowest BCUT2D eigenvalue weighted by Crippen LogP contribution is -2.19. The van der Waals surface area contributed by atoms with Crippen LogP contribution in [0.2, 0.25) is 0 Å². The maximum Gasteiger partial charge on any atom is 0.338 e. The molecule has 1 aliphatic rings. The number of pyridine rings is 2. The monoisotopic (exact) mass is 597 g/mol. The Kier molecular flexibility index (Phi) is 8.98. The highest BCUT2D eigenvalue weighted by Gasteiger charge is 2.19. The van der Waals surface area contributed by atoms with Crippen molar-refractivity contribution in [1.29, 1.82) is 0 Å². The molecule has 228 valence electrons. The van der Waals surface area contributed by atoms with Gasteiger partial charge in [0.15, 0.2) is 0 Å². The van der Waals surface area contributed by atoms with Gasteiger partial charge in [-0.2, -0.15) is 0 Å². The minimum atomic E-state index is -0.551. The average molecular weight is 598 g/mol. The van der Waals surface area contributed by atoms with E-state index in [1.807, 2.05) is 50.2 Å². The maximum absolute atomic E-state index is 13.1. The minimum absolute atomic E-state index is 0.396. The molecule has 5 aromatic rings. The smallest absolute Gasteiger partial charge is 0.338 e. The molecule has 1 aliphatic heterocycles. The largest absolute Gasteiger partial charge is 0.454 e. The van der Waals surface area contributed by atoms with Crippen molar-refractivity contribution in [1.82, 2.24) is 24.4 Å². The van der Waals surface area contributed by atoms with Crippen molar-refractivity contribution in [3.05, 3.63) is 137 Å². The first-order valence-corrected chi connectivity index (χ1v) is 15.6. The summed E-state index contributed by atoms with van der Waals surface area (Å²) in [6, 6.07) is 24.0. The molecule has 1 atom stereocenters. The number of carbonyl (C=O) groups is 1. The van der Waals surface area contributed by atoms with E-state index in [2.05, 4.69) is 63.3 Å². The molecule has 4 heterocycles. The Hall–Kier alpha value is -4.88. The van der Waals surface area contributed by atoms with Crippen LogP contribution in [-0.2, 0) is 11.3 Å². The van der Waals surface area contributed by atoms with Crippen molar-refractivity contribution >= 4 is 28.1 Å². The first-order valence-electron chi connectivity index (χ1n) is 15.6. The molecule has 7 nitrogen and oxygen atoms in total. The predicted octanol–water partition coefficient (Wildman–Crippen LogP) is 7.28. The van der Waals surface area contributed by atoms with Crippen LogP contribution in [0.4, 0.5) is 0 Å². The lowest BCUT2D eigenvalue weighted by molar-refractivity contribution is 0.0439. The summed E-state index contributed by atoms with van der Waals surface area (Å²) in [4.78, 5) is 29.4. The Morgan fingerprint density at radius 3 is 2.40 bits per heavy atom. The fourth-order valence-corrected chi connectivity index (χ4v) is 5.79. The van der Waals surface area contributed by atoms with Crippen LogP contribution in [0, 0.1) is 13.8 Å². The van der Waals surface area contributed by atoms with Crippen LogP contribution in [-0.4, -0.2) is 56.1 Å². The molecule has 1 saturated heterocycles. The normalized spacial score (nSPS) is 14.5. The van der Waals surface area contributed by atoms with Gasteiger partial charge in [-0.25, -0.2) is 14.8 Å². The van der Waals surface area contributed by atoms with E-state index in [1.165, 1.54) is 18.4 Å². The van der Waals surface area contributed by atoms with E-state index in [9.17, 15) is 4.79 Å². The van der Waals surface area contributed by atoms with Crippen molar-refractivity contribution in [3.8, 4) is 0 Å². The molecule has 6 rings (SSSR count). The quantitative estimate of drug-likeness (QED) is 0.158. The molecule has 45 heavy (non-hydrogen) atoms. The zero-order valence-electron chi connectivity index (χ0n) is 26.2. The van der Waals surface area contributed by atoms with Gasteiger partial charge in [-0.3, -0.25) is 9.88 Å². The van der Waals surface area contributed by atoms with Crippen LogP contribution in [0.1, 0.15) is 64.0 Å². The number of ether oxygens (including phenoxy) is 1. The van der Waals surface area contributed by atoms with E-state index in [0.29, 0.717) is 23.4 Å². The number of rotatable bonds is 10. The summed E-state index contributed by atoms with van der Waals surface area (Å²) >= 11 is 0. The zero-order chi connectivity index (χ0) is 31.3. The van der Waals surface area contributed by atoms with Gasteiger partial charge in [-0.05, 0) is 88.2 Å².